The topological polar surface area (TPSA) is 165 Å². The maximum Gasteiger partial charge on any atom is 0.428 e. The van der Waals surface area contributed by atoms with Crippen molar-refractivity contribution in [3.8, 4) is 28.7 Å². The standard InChI is InChI=1S/C21H16F5N7O4/c22-12-5-11(34)2-1-10(12)8-33-16(14-3-4-37-32-14)6-15(31-33)18-28-7-13(23)17(30-18)29-9-20(36,19(27)35)21(24,25)26/h1-7,34,36H,8-9H2,(H2,27,35)(H,28,29,30). The number of hydrogen-bond acceptors (Lipinski definition) is 9. The number of anilines is 1. The van der Waals surface area contributed by atoms with E-state index in [4.69, 9.17) is 4.52 Å². The van der Waals surface area contributed by atoms with Gasteiger partial charge < -0.3 is 25.8 Å². The van der Waals surface area contributed by atoms with Crippen LogP contribution in [-0.2, 0) is 11.3 Å². The molecule has 0 spiro atoms. The van der Waals surface area contributed by atoms with E-state index in [2.05, 4.69) is 26.0 Å². The van der Waals surface area contributed by atoms with Crippen molar-refractivity contribution < 1.29 is 41.5 Å². The van der Waals surface area contributed by atoms with Crippen molar-refractivity contribution in [1.82, 2.24) is 24.9 Å². The Hall–Kier alpha value is -4.60. The number of alkyl halides is 3. The summed E-state index contributed by atoms with van der Waals surface area (Å²) in [6, 6.07) is 6.38. The zero-order valence-electron chi connectivity index (χ0n) is 18.4. The number of halogens is 5. The molecule has 0 radical (unpaired) electrons. The number of carbonyl (C=O) groups is 1. The molecule has 0 bridgehead atoms. The fourth-order valence-electron chi connectivity index (χ4n) is 3.18. The first-order valence-corrected chi connectivity index (χ1v) is 10.2. The first-order chi connectivity index (χ1) is 17.4. The number of carbonyl (C=O) groups excluding carboxylic acids is 1. The van der Waals surface area contributed by atoms with Crippen molar-refractivity contribution >= 4 is 11.7 Å². The fraction of sp³-hybridized carbons (Fsp3) is 0.190. The lowest BCUT2D eigenvalue weighted by Crippen LogP contribution is -2.59. The second kappa shape index (κ2) is 9.45. The van der Waals surface area contributed by atoms with E-state index in [0.717, 1.165) is 6.07 Å². The van der Waals surface area contributed by atoms with Crippen molar-refractivity contribution in [2.75, 3.05) is 11.9 Å². The Morgan fingerprint density at radius 2 is 1.89 bits per heavy atom. The van der Waals surface area contributed by atoms with E-state index in [1.54, 1.807) is 0 Å². The number of aliphatic hydroxyl groups is 1. The summed E-state index contributed by atoms with van der Waals surface area (Å²) in [7, 11) is 0. The number of rotatable bonds is 8. The minimum absolute atomic E-state index is 0.0128. The summed E-state index contributed by atoms with van der Waals surface area (Å²) in [5.41, 5.74) is 1.37. The number of nitrogens with one attached hydrogen (secondary N) is 1. The van der Waals surface area contributed by atoms with Crippen LogP contribution in [0.5, 0.6) is 5.75 Å². The zero-order chi connectivity index (χ0) is 27.0. The lowest BCUT2D eigenvalue weighted by molar-refractivity contribution is -0.245. The number of primary amides is 1. The van der Waals surface area contributed by atoms with Crippen LogP contribution in [0, 0.1) is 11.6 Å². The second-order valence-electron chi connectivity index (χ2n) is 7.70. The Morgan fingerprint density at radius 1 is 1.14 bits per heavy atom. The molecule has 0 aliphatic heterocycles. The van der Waals surface area contributed by atoms with E-state index in [1.807, 2.05) is 5.32 Å². The predicted molar refractivity (Wildman–Crippen MR) is 115 cm³/mol. The van der Waals surface area contributed by atoms with Gasteiger partial charge in [0, 0.05) is 17.7 Å². The molecular formula is C21H16F5N7O4. The molecule has 1 unspecified atom stereocenters. The van der Waals surface area contributed by atoms with Crippen LogP contribution >= 0.6 is 0 Å². The molecule has 11 nitrogen and oxygen atoms in total. The number of benzene rings is 1. The van der Waals surface area contributed by atoms with Gasteiger partial charge >= 0.3 is 6.18 Å². The summed E-state index contributed by atoms with van der Waals surface area (Å²) in [5, 5.41) is 29.1. The van der Waals surface area contributed by atoms with Crippen molar-refractivity contribution in [3.05, 3.63) is 60.0 Å². The van der Waals surface area contributed by atoms with E-state index in [0.29, 0.717) is 11.9 Å². The molecule has 194 valence electrons. The monoisotopic (exact) mass is 525 g/mol. The Morgan fingerprint density at radius 3 is 2.51 bits per heavy atom. The molecular weight excluding hydrogens is 509 g/mol. The Bertz CT molecular complexity index is 1440. The molecule has 1 amide bonds. The van der Waals surface area contributed by atoms with Crippen molar-refractivity contribution in [1.29, 1.82) is 0 Å². The van der Waals surface area contributed by atoms with Gasteiger partial charge in [0.05, 0.1) is 25.0 Å². The summed E-state index contributed by atoms with van der Waals surface area (Å²) in [4.78, 5) is 18.8. The number of hydrogen-bond donors (Lipinski definition) is 4. The van der Waals surface area contributed by atoms with Crippen LogP contribution in [0.4, 0.5) is 27.8 Å². The van der Waals surface area contributed by atoms with Crippen LogP contribution < -0.4 is 11.1 Å². The maximum atomic E-state index is 14.3. The van der Waals surface area contributed by atoms with Gasteiger partial charge in [-0.1, -0.05) is 11.2 Å². The number of aromatic nitrogens is 5. The van der Waals surface area contributed by atoms with E-state index in [9.17, 15) is 37.0 Å². The number of nitrogens with two attached hydrogens (primary N) is 1. The molecule has 1 aromatic carbocycles. The van der Waals surface area contributed by atoms with Crippen LogP contribution in [0.3, 0.4) is 0 Å². The first-order valence-electron chi connectivity index (χ1n) is 10.2. The van der Waals surface area contributed by atoms with Gasteiger partial charge in [-0.3, -0.25) is 9.48 Å². The summed E-state index contributed by atoms with van der Waals surface area (Å²) in [5.74, 6) is -5.35. The van der Waals surface area contributed by atoms with Gasteiger partial charge in [0.15, 0.2) is 17.5 Å². The molecule has 16 heteroatoms. The fourth-order valence-corrected chi connectivity index (χ4v) is 3.18. The molecule has 0 fully saturated rings. The molecule has 3 aromatic heterocycles. The third-order valence-corrected chi connectivity index (χ3v) is 5.20. The van der Waals surface area contributed by atoms with Crippen LogP contribution in [0.2, 0.25) is 0 Å². The lowest BCUT2D eigenvalue weighted by atomic mass is 10.0. The van der Waals surface area contributed by atoms with Crippen LogP contribution in [-0.4, -0.2) is 59.3 Å². The normalized spacial score (nSPS) is 13.4. The van der Waals surface area contributed by atoms with E-state index in [-0.39, 0.29) is 35.1 Å². The minimum Gasteiger partial charge on any atom is -0.508 e. The Kier molecular flexibility index (Phi) is 6.51. The highest BCUT2D eigenvalue weighted by Gasteiger charge is 2.58. The van der Waals surface area contributed by atoms with Crippen molar-refractivity contribution in [3.63, 3.8) is 0 Å². The third kappa shape index (κ3) is 5.04. The molecule has 5 N–H and O–H groups in total. The van der Waals surface area contributed by atoms with Crippen LogP contribution in [0.1, 0.15) is 5.56 Å². The summed E-state index contributed by atoms with van der Waals surface area (Å²) in [6.07, 6.45) is -3.55. The average Bonchev–Trinajstić information content (AvgIpc) is 3.49. The molecule has 1 atom stereocenters. The minimum atomic E-state index is -5.45. The van der Waals surface area contributed by atoms with Gasteiger partial charge in [0.1, 0.15) is 29.2 Å². The van der Waals surface area contributed by atoms with E-state index in [1.165, 1.54) is 35.2 Å². The number of nitrogens with zero attached hydrogens (tertiary/aromatic N) is 5. The molecule has 4 rings (SSSR count). The van der Waals surface area contributed by atoms with Gasteiger partial charge in [0.25, 0.3) is 11.5 Å². The van der Waals surface area contributed by atoms with Gasteiger partial charge in [-0.25, -0.2) is 18.7 Å². The molecule has 37 heavy (non-hydrogen) atoms. The first kappa shape index (κ1) is 25.5. The van der Waals surface area contributed by atoms with E-state index < -0.39 is 41.7 Å². The van der Waals surface area contributed by atoms with E-state index >= 15 is 0 Å². The van der Waals surface area contributed by atoms with Gasteiger partial charge in [-0.15, -0.1) is 0 Å². The number of phenols is 1. The predicted octanol–water partition coefficient (Wildman–Crippen LogP) is 2.22. The average molecular weight is 525 g/mol. The second-order valence-corrected chi connectivity index (χ2v) is 7.70. The number of aromatic hydroxyl groups is 1. The van der Waals surface area contributed by atoms with Crippen molar-refractivity contribution in [2.45, 2.75) is 18.3 Å². The SMILES string of the molecule is NC(=O)C(O)(CNc1nc(-c2cc(-c3ccon3)n(Cc3ccc(O)cc3F)n2)ncc1F)C(F)(F)F. The number of phenolic OH excluding ortho intramolecular Hbond substituents is 1. The van der Waals surface area contributed by atoms with Gasteiger partial charge in [-0.2, -0.15) is 18.3 Å². The molecule has 4 aromatic rings. The smallest absolute Gasteiger partial charge is 0.428 e. The van der Waals surface area contributed by atoms with Crippen LogP contribution in [0.15, 0.2) is 47.3 Å². The van der Waals surface area contributed by atoms with Gasteiger partial charge in [-0.05, 0) is 12.1 Å². The summed E-state index contributed by atoms with van der Waals surface area (Å²) in [6.45, 7) is -1.68. The highest BCUT2D eigenvalue weighted by molar-refractivity contribution is 5.85. The van der Waals surface area contributed by atoms with Crippen molar-refractivity contribution in [2.24, 2.45) is 5.73 Å². The largest absolute Gasteiger partial charge is 0.508 e. The third-order valence-electron chi connectivity index (χ3n) is 5.20. The highest BCUT2D eigenvalue weighted by Crippen LogP contribution is 2.31. The quantitative estimate of drug-likeness (QED) is 0.252. The molecule has 0 aliphatic rings. The Balaban J connectivity index is 1.69. The number of amides is 1. The van der Waals surface area contributed by atoms with Gasteiger partial charge in [0.2, 0.25) is 0 Å². The summed E-state index contributed by atoms with van der Waals surface area (Å²) < 4.78 is 74.1. The van der Waals surface area contributed by atoms with Crippen LogP contribution in [0.25, 0.3) is 22.9 Å². The zero-order valence-corrected chi connectivity index (χ0v) is 18.4. The molecule has 0 aliphatic carbocycles. The maximum absolute atomic E-state index is 14.3. The summed E-state index contributed by atoms with van der Waals surface area (Å²) >= 11 is 0. The molecule has 3 heterocycles. The Labute approximate surface area is 203 Å². The lowest BCUT2D eigenvalue weighted by Gasteiger charge is -2.27. The molecule has 0 saturated heterocycles. The highest BCUT2D eigenvalue weighted by atomic mass is 19.4. The molecule has 0 saturated carbocycles.